The Morgan fingerprint density at radius 1 is 1.58 bits per heavy atom. The minimum Gasteiger partial charge on any atom is -0.480 e. The Kier molecular flexibility index (Phi) is 5.82. The summed E-state index contributed by atoms with van der Waals surface area (Å²) in [6.07, 6.45) is 7.34. The van der Waals surface area contributed by atoms with E-state index in [1.165, 1.54) is 0 Å². The quantitative estimate of drug-likeness (QED) is 0.602. The molecule has 0 spiro atoms. The van der Waals surface area contributed by atoms with Crippen LogP contribution in [0.25, 0.3) is 0 Å². The van der Waals surface area contributed by atoms with Crippen molar-refractivity contribution in [3.63, 3.8) is 0 Å². The van der Waals surface area contributed by atoms with E-state index in [9.17, 15) is 0 Å². The van der Waals surface area contributed by atoms with Crippen molar-refractivity contribution in [2.24, 2.45) is 10.9 Å². The predicted molar refractivity (Wildman–Crippen MR) is 45.0 cm³/mol. The van der Waals surface area contributed by atoms with E-state index in [0.717, 1.165) is 5.69 Å². The van der Waals surface area contributed by atoms with Crippen molar-refractivity contribution >= 4 is 11.9 Å². The zero-order valence-electron chi connectivity index (χ0n) is 7.11. The number of aromatic nitrogens is 1. The van der Waals surface area contributed by atoms with E-state index in [1.54, 1.807) is 6.20 Å². The Balaban J connectivity index is 0.00000121. The number of rotatable bonds is 2. The van der Waals surface area contributed by atoms with E-state index in [0.29, 0.717) is 5.92 Å². The van der Waals surface area contributed by atoms with Crippen LogP contribution in [0.15, 0.2) is 23.3 Å². The normalized spacial score (nSPS) is 10.2. The van der Waals surface area contributed by atoms with Gasteiger partial charge in [0.1, 0.15) is 0 Å². The van der Waals surface area contributed by atoms with Crippen LogP contribution in [-0.4, -0.2) is 11.2 Å². The Morgan fingerprint density at radius 2 is 2.33 bits per heavy atom. The molecule has 0 unspecified atom stereocenters. The average molecular weight is 330 g/mol. The van der Waals surface area contributed by atoms with Crippen molar-refractivity contribution in [2.75, 3.05) is 0 Å². The molecule has 2 nitrogen and oxygen atoms in total. The van der Waals surface area contributed by atoms with Gasteiger partial charge < -0.3 is 9.98 Å². The van der Waals surface area contributed by atoms with Gasteiger partial charge >= 0.3 is 21.1 Å². The van der Waals surface area contributed by atoms with E-state index < -0.39 is 0 Å². The van der Waals surface area contributed by atoms with E-state index in [-0.39, 0.29) is 21.1 Å². The van der Waals surface area contributed by atoms with Crippen LogP contribution in [0.4, 0.5) is 5.69 Å². The van der Waals surface area contributed by atoms with Gasteiger partial charge in [-0.25, -0.2) is 6.07 Å². The zero-order chi connectivity index (χ0) is 8.10. The van der Waals surface area contributed by atoms with Gasteiger partial charge in [0.2, 0.25) is 0 Å². The minimum absolute atomic E-state index is 0. The Labute approximate surface area is 87.4 Å². The maximum Gasteiger partial charge on any atom is 2.00 e. The molecular formula is C9H10N2W. The first-order valence-corrected chi connectivity index (χ1v) is 3.58. The van der Waals surface area contributed by atoms with Crippen LogP contribution >= 0.6 is 0 Å². The van der Waals surface area contributed by atoms with E-state index in [4.69, 9.17) is 0 Å². The molecule has 62 valence electrons. The molecule has 0 saturated carbocycles. The molecule has 1 heterocycles. The zero-order valence-corrected chi connectivity index (χ0v) is 10.0. The van der Waals surface area contributed by atoms with Crippen molar-refractivity contribution in [2.45, 2.75) is 13.8 Å². The number of aliphatic imine (C=N–C) groups is 1. The first kappa shape index (κ1) is 11.5. The fourth-order valence-corrected chi connectivity index (χ4v) is 0.579. The molecule has 0 fully saturated rings. The molecule has 0 aliphatic carbocycles. The molecule has 0 saturated heterocycles. The van der Waals surface area contributed by atoms with Crippen LogP contribution in [0, 0.1) is 12.1 Å². The molecule has 0 bridgehead atoms. The smallest absolute Gasteiger partial charge is 0.480 e. The first-order valence-electron chi connectivity index (χ1n) is 3.58. The number of hydrogen-bond acceptors (Lipinski definition) is 2. The van der Waals surface area contributed by atoms with Crippen LogP contribution in [0.2, 0.25) is 0 Å². The van der Waals surface area contributed by atoms with Gasteiger partial charge in [0.05, 0.1) is 0 Å². The van der Waals surface area contributed by atoms with Crippen LogP contribution in [0.3, 0.4) is 0 Å². The van der Waals surface area contributed by atoms with Crippen LogP contribution < -0.4 is 0 Å². The summed E-state index contributed by atoms with van der Waals surface area (Å²) < 4.78 is 0. The third-order valence-corrected chi connectivity index (χ3v) is 1.04. The van der Waals surface area contributed by atoms with Gasteiger partial charge in [-0.3, -0.25) is 0 Å². The van der Waals surface area contributed by atoms with E-state index >= 15 is 0 Å². The van der Waals surface area contributed by atoms with Gasteiger partial charge in [-0.05, 0) is 0 Å². The Bertz CT molecular complexity index is 232. The Hall–Kier alpha value is -0.492. The van der Waals surface area contributed by atoms with Crippen molar-refractivity contribution in [1.82, 2.24) is 4.98 Å². The number of nitrogens with zero attached hydrogens (tertiary/aromatic N) is 2. The topological polar surface area (TPSA) is 25.2 Å². The monoisotopic (exact) mass is 330 g/mol. The third-order valence-electron chi connectivity index (χ3n) is 1.04. The second kappa shape index (κ2) is 6.07. The molecule has 1 rings (SSSR count). The molecule has 0 aliphatic heterocycles. The van der Waals surface area contributed by atoms with Gasteiger partial charge in [0, 0.05) is 0 Å². The minimum atomic E-state index is 0. The standard InChI is InChI=1S/C9H10N2.W/c1-8(2)6-11-9-4-3-5-10-7-9;/h3-5,8H,1-2H3;/q-2;+2. The molecule has 12 heavy (non-hydrogen) atoms. The van der Waals surface area contributed by atoms with Crippen molar-refractivity contribution in [3.8, 4) is 0 Å². The van der Waals surface area contributed by atoms with Crippen molar-refractivity contribution in [3.05, 3.63) is 24.5 Å². The second-order valence-corrected chi connectivity index (χ2v) is 2.53. The third kappa shape index (κ3) is 4.40. The summed E-state index contributed by atoms with van der Waals surface area (Å²) in [7, 11) is 0. The van der Waals surface area contributed by atoms with Crippen LogP contribution in [0.5, 0.6) is 0 Å². The first-order chi connectivity index (χ1) is 5.29. The molecule has 0 aliphatic rings. The Morgan fingerprint density at radius 3 is 2.83 bits per heavy atom. The summed E-state index contributed by atoms with van der Waals surface area (Å²) in [5.74, 6) is 0.351. The van der Waals surface area contributed by atoms with Gasteiger partial charge in [-0.1, -0.05) is 26.0 Å². The van der Waals surface area contributed by atoms with E-state index in [1.807, 2.05) is 26.0 Å². The fraction of sp³-hybridized carbons (Fsp3) is 0.333. The SMILES string of the molecule is CC(C)[C-]=Nc1[c-]nccc1.[W+2]. The van der Waals surface area contributed by atoms with Gasteiger partial charge in [-0.15, -0.1) is 0 Å². The average Bonchev–Trinajstić information content (AvgIpc) is 2.03. The van der Waals surface area contributed by atoms with E-state index in [2.05, 4.69) is 22.4 Å². The summed E-state index contributed by atoms with van der Waals surface area (Å²) in [4.78, 5) is 7.84. The van der Waals surface area contributed by atoms with Crippen LogP contribution in [-0.2, 0) is 21.1 Å². The molecule has 3 heteroatoms. The van der Waals surface area contributed by atoms with Gasteiger partial charge in [0.15, 0.2) is 0 Å². The molecule has 1 aromatic rings. The molecule has 0 aromatic carbocycles. The fourth-order valence-electron chi connectivity index (χ4n) is 0.579. The number of hydrogen-bond donors (Lipinski definition) is 0. The van der Waals surface area contributed by atoms with Gasteiger partial charge in [0.25, 0.3) is 0 Å². The summed E-state index contributed by atoms with van der Waals surface area (Å²) in [5.41, 5.74) is 0.737. The summed E-state index contributed by atoms with van der Waals surface area (Å²) in [5, 5.41) is 0. The summed E-state index contributed by atoms with van der Waals surface area (Å²) >= 11 is 0. The van der Waals surface area contributed by atoms with Gasteiger partial charge in [-0.2, -0.15) is 24.2 Å². The van der Waals surface area contributed by atoms with Crippen LogP contribution in [0.1, 0.15) is 13.8 Å². The number of pyridine rings is 1. The summed E-state index contributed by atoms with van der Waals surface area (Å²) in [6.45, 7) is 4.06. The predicted octanol–water partition coefficient (Wildman–Crippen LogP) is 2.11. The molecule has 0 atom stereocenters. The molecule has 0 N–H and O–H groups in total. The maximum atomic E-state index is 4.04. The molecule has 0 amide bonds. The second-order valence-electron chi connectivity index (χ2n) is 2.53. The largest absolute Gasteiger partial charge is 2.00 e. The molecule has 0 radical (unpaired) electrons. The maximum absolute atomic E-state index is 4.04. The molecular weight excluding hydrogens is 320 g/mol. The van der Waals surface area contributed by atoms with Crippen molar-refractivity contribution in [1.29, 1.82) is 0 Å². The van der Waals surface area contributed by atoms with Crippen molar-refractivity contribution < 1.29 is 21.1 Å². The summed E-state index contributed by atoms with van der Waals surface area (Å²) in [6, 6.07) is 3.68. The molecule has 1 aromatic heterocycles.